The summed E-state index contributed by atoms with van der Waals surface area (Å²) in [7, 11) is 0. The van der Waals surface area contributed by atoms with Crippen LogP contribution in [0.2, 0.25) is 0 Å². The van der Waals surface area contributed by atoms with Gasteiger partial charge in [0.2, 0.25) is 11.7 Å². The van der Waals surface area contributed by atoms with E-state index in [1.54, 1.807) is 24.3 Å². The second-order valence-corrected chi connectivity index (χ2v) is 3.37. The molecule has 0 saturated heterocycles. The Morgan fingerprint density at radius 3 is 2.65 bits per heavy atom. The second kappa shape index (κ2) is 5.21. The number of ketones is 1. The number of hydrogen-bond donors (Lipinski definition) is 0. The topological polar surface area (TPSA) is 39.2 Å². The Balaban J connectivity index is 2.01. The van der Waals surface area contributed by atoms with E-state index in [2.05, 4.69) is 4.98 Å². The summed E-state index contributed by atoms with van der Waals surface area (Å²) in [5.41, 5.74) is -0.0524. The van der Waals surface area contributed by atoms with Crippen molar-refractivity contribution in [2.45, 2.75) is 0 Å². The number of rotatable bonds is 4. The summed E-state index contributed by atoms with van der Waals surface area (Å²) in [4.78, 5) is 15.0. The summed E-state index contributed by atoms with van der Waals surface area (Å²) >= 11 is 0. The number of ether oxygens (including phenoxy) is 1. The number of pyridine rings is 1. The van der Waals surface area contributed by atoms with Crippen LogP contribution in [0.4, 0.5) is 4.39 Å². The molecule has 0 aliphatic carbocycles. The fourth-order valence-corrected chi connectivity index (χ4v) is 1.34. The quantitative estimate of drug-likeness (QED) is 0.599. The predicted molar refractivity (Wildman–Crippen MR) is 60.5 cm³/mol. The van der Waals surface area contributed by atoms with Crippen LogP contribution in [0.15, 0.2) is 48.7 Å². The molecule has 0 saturated carbocycles. The number of para-hydroxylation sites is 1. The summed E-state index contributed by atoms with van der Waals surface area (Å²) in [5, 5.41) is 0. The molecule has 0 N–H and O–H groups in total. The minimum Gasteiger partial charge on any atom is -0.485 e. The fourth-order valence-electron chi connectivity index (χ4n) is 1.34. The average Bonchev–Trinajstić information content (AvgIpc) is 2.38. The van der Waals surface area contributed by atoms with Gasteiger partial charge in [-0.05, 0) is 24.3 Å². The maximum atomic E-state index is 13.2. The van der Waals surface area contributed by atoms with Crippen molar-refractivity contribution in [2.75, 3.05) is 6.61 Å². The van der Waals surface area contributed by atoms with Gasteiger partial charge in [0.25, 0.3) is 0 Å². The first-order chi connectivity index (χ1) is 8.27. The van der Waals surface area contributed by atoms with Gasteiger partial charge in [-0.15, -0.1) is 0 Å². The molecular weight excluding hydrogens is 221 g/mol. The Labute approximate surface area is 97.9 Å². The molecule has 86 valence electrons. The summed E-state index contributed by atoms with van der Waals surface area (Å²) in [6.07, 6.45) is 1.30. The molecule has 0 aliphatic heterocycles. The van der Waals surface area contributed by atoms with Crippen LogP contribution in [0, 0.1) is 5.95 Å². The third-order valence-electron chi connectivity index (χ3n) is 2.17. The average molecular weight is 231 g/mol. The minimum absolute atomic E-state index is 0.0524. The van der Waals surface area contributed by atoms with Crippen LogP contribution in [0.5, 0.6) is 5.75 Å². The SMILES string of the molecule is O=C(COc1ccccc1)c1cccnc1F. The van der Waals surface area contributed by atoms with E-state index in [0.29, 0.717) is 5.75 Å². The molecule has 0 bridgehead atoms. The zero-order valence-corrected chi connectivity index (χ0v) is 8.97. The van der Waals surface area contributed by atoms with E-state index >= 15 is 0 Å². The van der Waals surface area contributed by atoms with Crippen LogP contribution >= 0.6 is 0 Å². The zero-order valence-electron chi connectivity index (χ0n) is 8.97. The number of Topliss-reactive ketones (excluding diaryl/α,β-unsaturated/α-hetero) is 1. The lowest BCUT2D eigenvalue weighted by molar-refractivity contribution is 0.0916. The van der Waals surface area contributed by atoms with E-state index in [4.69, 9.17) is 4.74 Å². The van der Waals surface area contributed by atoms with Crippen molar-refractivity contribution in [2.24, 2.45) is 0 Å². The predicted octanol–water partition coefficient (Wildman–Crippen LogP) is 2.48. The van der Waals surface area contributed by atoms with Crippen molar-refractivity contribution in [1.82, 2.24) is 4.98 Å². The number of hydrogen-bond acceptors (Lipinski definition) is 3. The highest BCUT2D eigenvalue weighted by Gasteiger charge is 2.12. The molecule has 0 fully saturated rings. The standard InChI is InChI=1S/C13H10FNO2/c14-13-11(7-4-8-15-13)12(16)9-17-10-5-2-1-3-6-10/h1-8H,9H2. The summed E-state index contributed by atoms with van der Waals surface area (Å²) < 4.78 is 18.4. The molecule has 3 nitrogen and oxygen atoms in total. The number of halogens is 1. The van der Waals surface area contributed by atoms with Crippen LogP contribution in [-0.4, -0.2) is 17.4 Å². The van der Waals surface area contributed by atoms with Crippen molar-refractivity contribution in [3.05, 3.63) is 60.2 Å². The van der Waals surface area contributed by atoms with E-state index in [1.165, 1.54) is 18.3 Å². The van der Waals surface area contributed by atoms with Crippen LogP contribution in [0.1, 0.15) is 10.4 Å². The normalized spacial score (nSPS) is 9.94. The van der Waals surface area contributed by atoms with Gasteiger partial charge in [-0.2, -0.15) is 4.39 Å². The number of aromatic nitrogens is 1. The van der Waals surface area contributed by atoms with Crippen molar-refractivity contribution < 1.29 is 13.9 Å². The van der Waals surface area contributed by atoms with Gasteiger partial charge in [0, 0.05) is 6.20 Å². The number of benzene rings is 1. The summed E-state index contributed by atoms with van der Waals surface area (Å²) in [6.45, 7) is -0.202. The molecule has 0 atom stereocenters. The zero-order chi connectivity index (χ0) is 12.1. The van der Waals surface area contributed by atoms with Crippen LogP contribution in [0.3, 0.4) is 0 Å². The van der Waals surface area contributed by atoms with Gasteiger partial charge < -0.3 is 4.74 Å². The Morgan fingerprint density at radius 2 is 1.94 bits per heavy atom. The van der Waals surface area contributed by atoms with E-state index < -0.39 is 11.7 Å². The molecule has 4 heteroatoms. The molecule has 0 radical (unpaired) electrons. The Morgan fingerprint density at radius 1 is 1.18 bits per heavy atom. The first-order valence-electron chi connectivity index (χ1n) is 5.09. The molecular formula is C13H10FNO2. The van der Waals surface area contributed by atoms with Crippen LogP contribution in [0.25, 0.3) is 0 Å². The van der Waals surface area contributed by atoms with Gasteiger partial charge >= 0.3 is 0 Å². The van der Waals surface area contributed by atoms with Crippen molar-refractivity contribution in [3.63, 3.8) is 0 Å². The summed E-state index contributed by atoms with van der Waals surface area (Å²) in [6, 6.07) is 11.8. The van der Waals surface area contributed by atoms with Crippen LogP contribution in [-0.2, 0) is 0 Å². The van der Waals surface area contributed by atoms with Gasteiger partial charge in [-0.3, -0.25) is 4.79 Å². The van der Waals surface area contributed by atoms with Gasteiger partial charge in [-0.1, -0.05) is 18.2 Å². The van der Waals surface area contributed by atoms with E-state index in [1.807, 2.05) is 6.07 Å². The van der Waals surface area contributed by atoms with Gasteiger partial charge in [-0.25, -0.2) is 4.98 Å². The van der Waals surface area contributed by atoms with E-state index in [-0.39, 0.29) is 12.2 Å². The Kier molecular flexibility index (Phi) is 3.45. The Bertz CT molecular complexity index is 514. The van der Waals surface area contributed by atoms with Crippen molar-refractivity contribution >= 4 is 5.78 Å². The third-order valence-corrected chi connectivity index (χ3v) is 2.17. The highest BCUT2D eigenvalue weighted by molar-refractivity contribution is 5.97. The third kappa shape index (κ3) is 2.87. The number of carbonyl (C=O) groups excluding carboxylic acids is 1. The van der Waals surface area contributed by atoms with Gasteiger partial charge in [0.15, 0.2) is 6.61 Å². The van der Waals surface area contributed by atoms with Gasteiger partial charge in [0.05, 0.1) is 5.56 Å². The molecule has 2 rings (SSSR count). The van der Waals surface area contributed by atoms with Gasteiger partial charge in [0.1, 0.15) is 5.75 Å². The van der Waals surface area contributed by atoms with E-state index in [0.717, 1.165) is 0 Å². The Hall–Kier alpha value is -2.23. The molecule has 0 amide bonds. The lowest BCUT2D eigenvalue weighted by Crippen LogP contribution is -2.13. The molecule has 17 heavy (non-hydrogen) atoms. The molecule has 0 aliphatic rings. The van der Waals surface area contributed by atoms with E-state index in [9.17, 15) is 9.18 Å². The smallest absolute Gasteiger partial charge is 0.223 e. The van der Waals surface area contributed by atoms with Crippen LogP contribution < -0.4 is 4.74 Å². The number of carbonyl (C=O) groups is 1. The number of nitrogens with zero attached hydrogens (tertiary/aromatic N) is 1. The highest BCUT2D eigenvalue weighted by Crippen LogP contribution is 2.10. The molecule has 1 aromatic carbocycles. The highest BCUT2D eigenvalue weighted by atomic mass is 19.1. The molecule has 0 spiro atoms. The largest absolute Gasteiger partial charge is 0.485 e. The van der Waals surface area contributed by atoms with Crippen molar-refractivity contribution in [3.8, 4) is 5.75 Å². The first-order valence-corrected chi connectivity index (χ1v) is 5.09. The maximum absolute atomic E-state index is 13.2. The molecule has 1 aromatic heterocycles. The second-order valence-electron chi connectivity index (χ2n) is 3.37. The fraction of sp³-hybridized carbons (Fsp3) is 0.0769. The van der Waals surface area contributed by atoms with Crippen molar-refractivity contribution in [1.29, 1.82) is 0 Å². The maximum Gasteiger partial charge on any atom is 0.223 e. The lowest BCUT2D eigenvalue weighted by atomic mass is 10.2. The monoisotopic (exact) mass is 231 g/mol. The lowest BCUT2D eigenvalue weighted by Gasteiger charge is -2.05. The molecule has 0 unspecified atom stereocenters. The minimum atomic E-state index is -0.769. The first kappa shape index (κ1) is 11.3. The summed E-state index contributed by atoms with van der Waals surface area (Å²) in [5.74, 6) is -0.626. The molecule has 2 aromatic rings. The molecule has 1 heterocycles.